The number of fused-ring (bicyclic) bond motifs is 1. The van der Waals surface area contributed by atoms with Gasteiger partial charge in [0.25, 0.3) is 0 Å². The minimum atomic E-state index is -3.86. The highest BCUT2D eigenvalue weighted by molar-refractivity contribution is 7.93. The predicted molar refractivity (Wildman–Crippen MR) is 87.3 cm³/mol. The molecule has 0 fully saturated rings. The first-order valence-electron chi connectivity index (χ1n) is 7.16. The maximum Gasteiger partial charge on any atom is 0.244 e. The van der Waals surface area contributed by atoms with E-state index in [-0.39, 0.29) is 16.3 Å². The summed E-state index contributed by atoms with van der Waals surface area (Å²) < 4.78 is 51.0. The Bertz CT molecular complexity index is 950. The van der Waals surface area contributed by atoms with Crippen molar-refractivity contribution >= 4 is 19.9 Å². The highest BCUT2D eigenvalue weighted by atomic mass is 32.2. The van der Waals surface area contributed by atoms with Crippen molar-refractivity contribution in [1.29, 1.82) is 0 Å². The summed E-state index contributed by atoms with van der Waals surface area (Å²) >= 11 is 0. The fourth-order valence-corrected chi connectivity index (χ4v) is 5.80. The Morgan fingerprint density at radius 2 is 1.39 bits per heavy atom. The van der Waals surface area contributed by atoms with Crippen molar-refractivity contribution in [3.05, 3.63) is 59.7 Å². The number of sulfonamides is 1. The van der Waals surface area contributed by atoms with E-state index in [0.29, 0.717) is 13.0 Å². The Morgan fingerprint density at radius 3 is 2.04 bits per heavy atom. The zero-order valence-corrected chi connectivity index (χ0v) is 14.3. The zero-order valence-electron chi connectivity index (χ0n) is 12.6. The van der Waals surface area contributed by atoms with E-state index in [1.165, 1.54) is 22.5 Å². The molecular formula is C16H17NO4S2. The van der Waals surface area contributed by atoms with Gasteiger partial charge in [0.05, 0.1) is 4.90 Å². The van der Waals surface area contributed by atoms with Crippen LogP contribution in [0.1, 0.15) is 11.1 Å². The van der Waals surface area contributed by atoms with Gasteiger partial charge in [-0.3, -0.25) is 0 Å². The summed E-state index contributed by atoms with van der Waals surface area (Å²) in [6, 6.07) is 13.5. The highest BCUT2D eigenvalue weighted by Crippen LogP contribution is 2.28. The van der Waals surface area contributed by atoms with Crippen molar-refractivity contribution < 1.29 is 16.8 Å². The summed E-state index contributed by atoms with van der Waals surface area (Å²) in [6.45, 7) is 0.605. The summed E-state index contributed by atoms with van der Waals surface area (Å²) in [4.78, 5) is -0.305. The lowest BCUT2D eigenvalue weighted by Crippen LogP contribution is -2.36. The summed E-state index contributed by atoms with van der Waals surface area (Å²) in [5.41, 5.74) is 2.09. The minimum absolute atomic E-state index is 0.151. The van der Waals surface area contributed by atoms with Gasteiger partial charge in [0.1, 0.15) is 4.90 Å². The van der Waals surface area contributed by atoms with E-state index in [1.807, 2.05) is 24.3 Å². The molecule has 2 aromatic rings. The van der Waals surface area contributed by atoms with Crippen LogP contribution < -0.4 is 0 Å². The molecule has 122 valence electrons. The SMILES string of the molecule is CS(=O)(=O)c1ccccc1S(=O)(=O)N1CCc2ccccc2C1. The molecular weight excluding hydrogens is 334 g/mol. The molecule has 0 unspecified atom stereocenters. The van der Waals surface area contributed by atoms with Crippen molar-refractivity contribution in [2.75, 3.05) is 12.8 Å². The van der Waals surface area contributed by atoms with Gasteiger partial charge in [-0.05, 0) is 29.7 Å². The van der Waals surface area contributed by atoms with E-state index in [9.17, 15) is 16.8 Å². The summed E-state index contributed by atoms with van der Waals surface area (Å²) in [5, 5.41) is 0. The number of hydrogen-bond donors (Lipinski definition) is 0. The molecule has 0 aliphatic carbocycles. The molecule has 0 saturated heterocycles. The fourth-order valence-electron chi connectivity index (χ4n) is 2.78. The number of hydrogen-bond acceptors (Lipinski definition) is 4. The van der Waals surface area contributed by atoms with Gasteiger partial charge in [0, 0.05) is 19.3 Å². The Labute approximate surface area is 136 Å². The third-order valence-corrected chi connectivity index (χ3v) is 7.15. The minimum Gasteiger partial charge on any atom is -0.224 e. The number of nitrogens with zero attached hydrogens (tertiary/aromatic N) is 1. The average molecular weight is 351 g/mol. The van der Waals surface area contributed by atoms with Crippen LogP contribution in [0, 0.1) is 0 Å². The van der Waals surface area contributed by atoms with Crippen LogP contribution in [0.4, 0.5) is 0 Å². The maximum absolute atomic E-state index is 12.9. The van der Waals surface area contributed by atoms with Gasteiger partial charge < -0.3 is 0 Å². The van der Waals surface area contributed by atoms with E-state index < -0.39 is 19.9 Å². The lowest BCUT2D eigenvalue weighted by molar-refractivity contribution is 0.390. The molecule has 1 aliphatic heterocycles. The Morgan fingerprint density at radius 1 is 0.826 bits per heavy atom. The molecule has 0 spiro atoms. The van der Waals surface area contributed by atoms with Crippen LogP contribution in [-0.4, -0.2) is 33.9 Å². The molecule has 7 heteroatoms. The summed E-state index contributed by atoms with van der Waals surface area (Å²) in [7, 11) is -7.49. The smallest absolute Gasteiger partial charge is 0.224 e. The molecule has 23 heavy (non-hydrogen) atoms. The van der Waals surface area contributed by atoms with Crippen LogP contribution in [0.15, 0.2) is 58.3 Å². The molecule has 0 radical (unpaired) electrons. The van der Waals surface area contributed by atoms with E-state index in [0.717, 1.165) is 17.4 Å². The number of sulfone groups is 1. The molecule has 0 saturated carbocycles. The van der Waals surface area contributed by atoms with Gasteiger partial charge in [-0.1, -0.05) is 36.4 Å². The Hall–Kier alpha value is -1.70. The van der Waals surface area contributed by atoms with Gasteiger partial charge in [-0.15, -0.1) is 0 Å². The van der Waals surface area contributed by atoms with Crippen LogP contribution in [0.25, 0.3) is 0 Å². The van der Waals surface area contributed by atoms with Crippen molar-refractivity contribution in [2.24, 2.45) is 0 Å². The summed E-state index contributed by atoms with van der Waals surface area (Å²) in [6.07, 6.45) is 1.64. The Kier molecular flexibility index (Phi) is 4.03. The van der Waals surface area contributed by atoms with Gasteiger partial charge >= 0.3 is 0 Å². The fraction of sp³-hybridized carbons (Fsp3) is 0.250. The van der Waals surface area contributed by atoms with E-state index in [4.69, 9.17) is 0 Å². The molecule has 3 rings (SSSR count). The van der Waals surface area contributed by atoms with Crippen LogP contribution in [-0.2, 0) is 32.8 Å². The molecule has 0 bridgehead atoms. The topological polar surface area (TPSA) is 71.5 Å². The average Bonchev–Trinajstić information content (AvgIpc) is 2.53. The second-order valence-corrected chi connectivity index (χ2v) is 9.47. The van der Waals surface area contributed by atoms with Gasteiger partial charge in [0.2, 0.25) is 10.0 Å². The third kappa shape index (κ3) is 3.04. The van der Waals surface area contributed by atoms with Crippen molar-refractivity contribution in [2.45, 2.75) is 22.8 Å². The zero-order chi connectivity index (χ0) is 16.7. The Balaban J connectivity index is 2.05. The molecule has 0 amide bonds. The van der Waals surface area contributed by atoms with Gasteiger partial charge in [-0.25, -0.2) is 16.8 Å². The van der Waals surface area contributed by atoms with E-state index in [2.05, 4.69) is 0 Å². The van der Waals surface area contributed by atoms with E-state index in [1.54, 1.807) is 6.07 Å². The molecule has 1 aliphatic rings. The second kappa shape index (κ2) is 5.74. The lowest BCUT2D eigenvalue weighted by Gasteiger charge is -2.28. The quantitative estimate of drug-likeness (QED) is 0.846. The first-order valence-corrected chi connectivity index (χ1v) is 10.5. The number of benzene rings is 2. The van der Waals surface area contributed by atoms with Crippen LogP contribution in [0.5, 0.6) is 0 Å². The summed E-state index contributed by atoms with van der Waals surface area (Å²) in [5.74, 6) is 0. The van der Waals surface area contributed by atoms with Crippen molar-refractivity contribution in [1.82, 2.24) is 4.31 Å². The van der Waals surface area contributed by atoms with Crippen LogP contribution >= 0.6 is 0 Å². The lowest BCUT2D eigenvalue weighted by atomic mass is 10.0. The normalized spacial score (nSPS) is 16.0. The molecule has 0 N–H and O–H groups in total. The standard InChI is InChI=1S/C16H17NO4S2/c1-22(18,19)15-8-4-5-9-16(15)23(20,21)17-11-10-13-6-2-3-7-14(13)12-17/h2-9H,10-12H2,1H3. The molecule has 0 atom stereocenters. The monoisotopic (exact) mass is 351 g/mol. The largest absolute Gasteiger partial charge is 0.244 e. The molecule has 1 heterocycles. The van der Waals surface area contributed by atoms with E-state index >= 15 is 0 Å². The molecule has 0 aromatic heterocycles. The van der Waals surface area contributed by atoms with Crippen molar-refractivity contribution in [3.8, 4) is 0 Å². The van der Waals surface area contributed by atoms with Gasteiger partial charge in [-0.2, -0.15) is 4.31 Å². The second-order valence-electron chi connectivity index (χ2n) is 5.58. The molecule has 2 aromatic carbocycles. The highest BCUT2D eigenvalue weighted by Gasteiger charge is 2.31. The number of rotatable bonds is 3. The predicted octanol–water partition coefficient (Wildman–Crippen LogP) is 1.84. The molecule has 5 nitrogen and oxygen atoms in total. The van der Waals surface area contributed by atoms with Gasteiger partial charge in [0.15, 0.2) is 9.84 Å². The first kappa shape index (κ1) is 16.2. The first-order chi connectivity index (χ1) is 10.8. The maximum atomic E-state index is 12.9. The third-order valence-electron chi connectivity index (χ3n) is 3.96. The van der Waals surface area contributed by atoms with Crippen LogP contribution in [0.2, 0.25) is 0 Å². The van der Waals surface area contributed by atoms with Crippen molar-refractivity contribution in [3.63, 3.8) is 0 Å². The van der Waals surface area contributed by atoms with Crippen LogP contribution in [0.3, 0.4) is 0 Å².